The molecule has 1 unspecified atom stereocenters. The van der Waals surface area contributed by atoms with Gasteiger partial charge in [-0.3, -0.25) is 14.4 Å². The van der Waals surface area contributed by atoms with E-state index in [1.807, 2.05) is 6.07 Å². The number of hydrogen-bond donors (Lipinski definition) is 0. The SMILES string of the molecule is COc1ccc(CCN(C(=O)c2ccc(Cl)cc2)C2CC(=O)N(c3ccc(F)cc3)C2=O)cc1OC. The summed E-state index contributed by atoms with van der Waals surface area (Å²) in [4.78, 5) is 42.2. The molecule has 1 aliphatic heterocycles. The second-order valence-corrected chi connectivity index (χ2v) is 8.64. The lowest BCUT2D eigenvalue weighted by molar-refractivity contribution is -0.122. The van der Waals surface area contributed by atoms with Gasteiger partial charge in [0.15, 0.2) is 11.5 Å². The molecular weight excluding hydrogens is 487 g/mol. The molecule has 0 saturated carbocycles. The largest absolute Gasteiger partial charge is 0.493 e. The van der Waals surface area contributed by atoms with Crippen LogP contribution in [0.2, 0.25) is 5.02 Å². The van der Waals surface area contributed by atoms with Crippen molar-refractivity contribution in [2.75, 3.05) is 25.7 Å². The predicted molar refractivity (Wildman–Crippen MR) is 133 cm³/mol. The van der Waals surface area contributed by atoms with E-state index in [0.29, 0.717) is 28.5 Å². The molecule has 0 bridgehead atoms. The average Bonchev–Trinajstić information content (AvgIpc) is 3.18. The molecule has 0 N–H and O–H groups in total. The van der Waals surface area contributed by atoms with Gasteiger partial charge in [0.05, 0.1) is 26.3 Å². The number of nitrogens with zero attached hydrogens (tertiary/aromatic N) is 2. The van der Waals surface area contributed by atoms with Crippen LogP contribution in [0.3, 0.4) is 0 Å². The Morgan fingerprint density at radius 3 is 2.31 bits per heavy atom. The van der Waals surface area contributed by atoms with E-state index in [2.05, 4.69) is 0 Å². The summed E-state index contributed by atoms with van der Waals surface area (Å²) in [6.45, 7) is 0.165. The van der Waals surface area contributed by atoms with E-state index in [9.17, 15) is 18.8 Å². The van der Waals surface area contributed by atoms with Gasteiger partial charge in [0, 0.05) is 17.1 Å². The second-order valence-electron chi connectivity index (χ2n) is 8.21. The van der Waals surface area contributed by atoms with Crippen molar-refractivity contribution in [3.63, 3.8) is 0 Å². The summed E-state index contributed by atoms with van der Waals surface area (Å²) in [5.74, 6) is -0.775. The molecule has 0 aromatic heterocycles. The Morgan fingerprint density at radius 2 is 1.67 bits per heavy atom. The molecule has 1 heterocycles. The molecule has 4 rings (SSSR count). The monoisotopic (exact) mass is 510 g/mol. The Balaban J connectivity index is 1.63. The van der Waals surface area contributed by atoms with E-state index >= 15 is 0 Å². The fraction of sp³-hybridized carbons (Fsp3) is 0.222. The van der Waals surface area contributed by atoms with Crippen molar-refractivity contribution in [3.05, 3.63) is 88.7 Å². The van der Waals surface area contributed by atoms with E-state index in [1.165, 1.54) is 36.3 Å². The van der Waals surface area contributed by atoms with Crippen molar-refractivity contribution < 1.29 is 28.2 Å². The molecule has 0 aliphatic carbocycles. The summed E-state index contributed by atoms with van der Waals surface area (Å²) in [7, 11) is 3.07. The predicted octanol–water partition coefficient (Wildman–Crippen LogP) is 4.51. The topological polar surface area (TPSA) is 76.2 Å². The lowest BCUT2D eigenvalue weighted by atomic mass is 10.1. The van der Waals surface area contributed by atoms with Gasteiger partial charge in [0.2, 0.25) is 5.91 Å². The maximum absolute atomic E-state index is 13.5. The first-order chi connectivity index (χ1) is 17.3. The number of halogens is 2. The van der Waals surface area contributed by atoms with Crippen LogP contribution >= 0.6 is 11.6 Å². The standard InChI is InChI=1S/C27H24ClFN2O5/c1-35-23-12-3-17(15-24(23)36-2)13-14-30(26(33)18-4-6-19(28)7-5-18)22-16-25(32)31(27(22)34)21-10-8-20(29)9-11-21/h3-12,15,22H,13-14,16H2,1-2H3. The molecule has 1 atom stereocenters. The molecule has 0 radical (unpaired) electrons. The molecule has 3 aromatic carbocycles. The number of carbonyl (C=O) groups excluding carboxylic acids is 3. The van der Waals surface area contributed by atoms with E-state index in [4.69, 9.17) is 21.1 Å². The van der Waals surface area contributed by atoms with E-state index in [0.717, 1.165) is 10.5 Å². The fourth-order valence-electron chi connectivity index (χ4n) is 4.16. The van der Waals surface area contributed by atoms with Crippen molar-refractivity contribution in [2.45, 2.75) is 18.9 Å². The van der Waals surface area contributed by atoms with Gasteiger partial charge in [0.25, 0.3) is 11.8 Å². The van der Waals surface area contributed by atoms with Crippen LogP contribution < -0.4 is 14.4 Å². The lowest BCUT2D eigenvalue weighted by Crippen LogP contribution is -2.46. The fourth-order valence-corrected chi connectivity index (χ4v) is 4.29. The van der Waals surface area contributed by atoms with Gasteiger partial charge in [-0.2, -0.15) is 0 Å². The van der Waals surface area contributed by atoms with Gasteiger partial charge in [-0.25, -0.2) is 9.29 Å². The molecule has 1 fully saturated rings. The zero-order chi connectivity index (χ0) is 25.8. The van der Waals surface area contributed by atoms with Gasteiger partial charge >= 0.3 is 0 Å². The molecule has 1 saturated heterocycles. The van der Waals surface area contributed by atoms with Crippen LogP contribution in [0.1, 0.15) is 22.3 Å². The van der Waals surface area contributed by atoms with Gasteiger partial charge in [-0.15, -0.1) is 0 Å². The summed E-state index contributed by atoms with van der Waals surface area (Å²) >= 11 is 5.98. The Kier molecular flexibility index (Phi) is 7.55. The van der Waals surface area contributed by atoms with Crippen LogP contribution in [-0.4, -0.2) is 49.4 Å². The van der Waals surface area contributed by atoms with Crippen molar-refractivity contribution in [1.82, 2.24) is 4.90 Å². The third-order valence-electron chi connectivity index (χ3n) is 6.03. The van der Waals surface area contributed by atoms with Gasteiger partial charge in [0.1, 0.15) is 11.9 Å². The van der Waals surface area contributed by atoms with Crippen molar-refractivity contribution >= 4 is 35.0 Å². The van der Waals surface area contributed by atoms with Crippen molar-refractivity contribution in [2.24, 2.45) is 0 Å². The van der Waals surface area contributed by atoms with Crippen molar-refractivity contribution in [3.8, 4) is 11.5 Å². The molecule has 1 aliphatic rings. The van der Waals surface area contributed by atoms with Crippen LogP contribution in [-0.2, 0) is 16.0 Å². The Morgan fingerprint density at radius 1 is 1.00 bits per heavy atom. The minimum atomic E-state index is -1.01. The van der Waals surface area contributed by atoms with Crippen LogP contribution in [0.4, 0.5) is 10.1 Å². The van der Waals surface area contributed by atoms with Gasteiger partial charge in [-0.05, 0) is 72.6 Å². The molecular formula is C27H24ClFN2O5. The Labute approximate surface area is 213 Å². The number of benzene rings is 3. The number of amides is 3. The maximum Gasteiger partial charge on any atom is 0.257 e. The molecule has 186 valence electrons. The number of methoxy groups -OCH3 is 2. The molecule has 3 amide bonds. The molecule has 7 nitrogen and oxygen atoms in total. The molecule has 0 spiro atoms. The van der Waals surface area contributed by atoms with Gasteiger partial charge < -0.3 is 14.4 Å². The third-order valence-corrected chi connectivity index (χ3v) is 6.28. The van der Waals surface area contributed by atoms with Crippen LogP contribution in [0.5, 0.6) is 11.5 Å². The van der Waals surface area contributed by atoms with Crippen LogP contribution in [0.15, 0.2) is 66.7 Å². The van der Waals surface area contributed by atoms with E-state index < -0.39 is 29.6 Å². The summed E-state index contributed by atoms with van der Waals surface area (Å²) in [5, 5.41) is 0.470. The number of anilines is 1. The number of ether oxygens (including phenoxy) is 2. The van der Waals surface area contributed by atoms with Crippen LogP contribution in [0.25, 0.3) is 0 Å². The average molecular weight is 511 g/mol. The normalized spacial score (nSPS) is 15.2. The van der Waals surface area contributed by atoms with E-state index in [1.54, 1.807) is 43.5 Å². The molecule has 9 heteroatoms. The first-order valence-electron chi connectivity index (χ1n) is 11.2. The highest BCUT2D eigenvalue weighted by atomic mass is 35.5. The Bertz CT molecular complexity index is 1280. The highest BCUT2D eigenvalue weighted by Crippen LogP contribution is 2.30. The summed E-state index contributed by atoms with van der Waals surface area (Å²) in [5.41, 5.74) is 1.45. The van der Waals surface area contributed by atoms with E-state index in [-0.39, 0.29) is 18.7 Å². The van der Waals surface area contributed by atoms with Gasteiger partial charge in [-0.1, -0.05) is 17.7 Å². The molecule has 36 heavy (non-hydrogen) atoms. The summed E-state index contributed by atoms with van der Waals surface area (Å²) in [6, 6.07) is 15.8. The highest BCUT2D eigenvalue weighted by molar-refractivity contribution is 6.30. The first-order valence-corrected chi connectivity index (χ1v) is 11.6. The molecule has 3 aromatic rings. The number of rotatable bonds is 8. The number of hydrogen-bond acceptors (Lipinski definition) is 5. The zero-order valence-electron chi connectivity index (χ0n) is 19.7. The zero-order valence-corrected chi connectivity index (χ0v) is 20.5. The summed E-state index contributed by atoms with van der Waals surface area (Å²) < 4.78 is 24.0. The quantitative estimate of drug-likeness (QED) is 0.417. The van der Waals surface area contributed by atoms with Crippen LogP contribution in [0, 0.1) is 5.82 Å². The third kappa shape index (κ3) is 5.18. The Hall–Kier alpha value is -3.91. The maximum atomic E-state index is 13.5. The first kappa shape index (κ1) is 25.2. The minimum Gasteiger partial charge on any atom is -0.493 e. The van der Waals surface area contributed by atoms with Crippen molar-refractivity contribution in [1.29, 1.82) is 0 Å². The number of imide groups is 1. The lowest BCUT2D eigenvalue weighted by Gasteiger charge is -2.28. The summed E-state index contributed by atoms with van der Waals surface area (Å²) in [6.07, 6.45) is 0.218. The number of carbonyl (C=O) groups is 3. The second kappa shape index (κ2) is 10.8. The highest BCUT2D eigenvalue weighted by Gasteiger charge is 2.44. The minimum absolute atomic E-state index is 0.165. The smallest absolute Gasteiger partial charge is 0.257 e.